The lowest BCUT2D eigenvalue weighted by atomic mass is 10.1. The maximum Gasteiger partial charge on any atom is 0.162 e. The molecule has 0 atom stereocenters. The van der Waals surface area contributed by atoms with Crippen LogP contribution < -0.4 is 9.47 Å². The second kappa shape index (κ2) is 5.51. The van der Waals surface area contributed by atoms with Crippen molar-refractivity contribution in [2.24, 2.45) is 11.1 Å². The molecule has 1 heterocycles. The molecule has 19 heavy (non-hydrogen) atoms. The molecule has 0 amide bonds. The van der Waals surface area contributed by atoms with E-state index in [1.807, 2.05) is 18.2 Å². The molecule has 0 unspecified atom stereocenters. The van der Waals surface area contributed by atoms with Gasteiger partial charge in [0.05, 0.1) is 5.71 Å². The highest BCUT2D eigenvalue weighted by Crippen LogP contribution is 2.37. The summed E-state index contributed by atoms with van der Waals surface area (Å²) in [5.74, 6) is 2.17. The van der Waals surface area contributed by atoms with Crippen molar-refractivity contribution in [2.45, 2.75) is 26.2 Å². The number of ether oxygens (including phenoxy) is 2. The number of fused-ring (bicyclic) bond motifs is 1. The van der Waals surface area contributed by atoms with Gasteiger partial charge in [0.1, 0.15) is 19.8 Å². The Kier molecular flexibility index (Phi) is 3.58. The van der Waals surface area contributed by atoms with Gasteiger partial charge in [0.25, 0.3) is 0 Å². The zero-order valence-corrected chi connectivity index (χ0v) is 11.2. The van der Waals surface area contributed by atoms with Crippen molar-refractivity contribution in [3.05, 3.63) is 23.8 Å². The lowest BCUT2D eigenvalue weighted by Crippen LogP contribution is -2.16. The highest BCUT2D eigenvalue weighted by Gasteiger charge is 2.30. The zero-order valence-electron chi connectivity index (χ0n) is 11.2. The largest absolute Gasteiger partial charge is 0.486 e. The number of rotatable bonds is 5. The summed E-state index contributed by atoms with van der Waals surface area (Å²) < 4.78 is 11.2. The fraction of sp³-hybridized carbons (Fsp3) is 0.533. The summed E-state index contributed by atoms with van der Waals surface area (Å²) in [5, 5.41) is 4.31. The van der Waals surface area contributed by atoms with Crippen molar-refractivity contribution >= 4 is 5.71 Å². The predicted octanol–water partition coefficient (Wildman–Crippen LogP) is 3.00. The van der Waals surface area contributed by atoms with Crippen molar-refractivity contribution in [1.29, 1.82) is 0 Å². The summed E-state index contributed by atoms with van der Waals surface area (Å²) in [4.78, 5) is 5.36. The Morgan fingerprint density at radius 3 is 2.79 bits per heavy atom. The van der Waals surface area contributed by atoms with Gasteiger partial charge in [-0.05, 0) is 37.5 Å². The molecule has 1 aliphatic heterocycles. The van der Waals surface area contributed by atoms with Crippen LogP contribution in [-0.2, 0) is 4.84 Å². The van der Waals surface area contributed by atoms with Crippen molar-refractivity contribution in [1.82, 2.24) is 0 Å². The molecule has 4 nitrogen and oxygen atoms in total. The fourth-order valence-electron chi connectivity index (χ4n) is 2.13. The number of benzene rings is 1. The molecule has 1 saturated carbocycles. The molecule has 0 radical (unpaired) electrons. The molecule has 0 aromatic heterocycles. The van der Waals surface area contributed by atoms with Crippen molar-refractivity contribution in [3.63, 3.8) is 0 Å². The predicted molar refractivity (Wildman–Crippen MR) is 72.9 cm³/mol. The Bertz CT molecular complexity index is 480. The maximum atomic E-state index is 5.62. The van der Waals surface area contributed by atoms with Crippen molar-refractivity contribution in [3.8, 4) is 11.5 Å². The van der Waals surface area contributed by atoms with Gasteiger partial charge in [-0.3, -0.25) is 0 Å². The number of hydrogen-bond acceptors (Lipinski definition) is 4. The van der Waals surface area contributed by atoms with Gasteiger partial charge in [0, 0.05) is 11.5 Å². The van der Waals surface area contributed by atoms with Crippen LogP contribution in [0, 0.1) is 5.92 Å². The van der Waals surface area contributed by atoms with E-state index in [0.29, 0.717) is 25.7 Å². The molecule has 1 aliphatic carbocycles. The Balaban J connectivity index is 1.83. The van der Waals surface area contributed by atoms with Crippen LogP contribution in [0.2, 0.25) is 0 Å². The van der Waals surface area contributed by atoms with Gasteiger partial charge in [0.15, 0.2) is 11.5 Å². The second-order valence-corrected chi connectivity index (χ2v) is 4.94. The quantitative estimate of drug-likeness (QED) is 0.465. The summed E-state index contributed by atoms with van der Waals surface area (Å²) >= 11 is 0. The van der Waals surface area contributed by atoms with Gasteiger partial charge in [-0.2, -0.15) is 0 Å². The first kappa shape index (κ1) is 12.3. The first-order valence-electron chi connectivity index (χ1n) is 6.98. The van der Waals surface area contributed by atoms with E-state index in [0.717, 1.165) is 29.2 Å². The van der Waals surface area contributed by atoms with Crippen LogP contribution in [0.1, 0.15) is 31.7 Å². The van der Waals surface area contributed by atoms with Crippen LogP contribution in [0.3, 0.4) is 0 Å². The van der Waals surface area contributed by atoms with Gasteiger partial charge in [-0.15, -0.1) is 0 Å². The second-order valence-electron chi connectivity index (χ2n) is 4.94. The van der Waals surface area contributed by atoms with E-state index in [4.69, 9.17) is 14.3 Å². The Labute approximate surface area is 113 Å². The van der Waals surface area contributed by atoms with Crippen LogP contribution in [0.5, 0.6) is 11.5 Å². The van der Waals surface area contributed by atoms with Crippen LogP contribution in [0.15, 0.2) is 23.4 Å². The molecule has 1 aromatic rings. The van der Waals surface area contributed by atoms with Crippen LogP contribution in [0.4, 0.5) is 0 Å². The van der Waals surface area contributed by atoms with E-state index in [-0.39, 0.29) is 0 Å². The first-order chi connectivity index (χ1) is 9.38. The fourth-order valence-corrected chi connectivity index (χ4v) is 2.13. The maximum absolute atomic E-state index is 5.62. The van der Waals surface area contributed by atoms with E-state index in [1.54, 1.807) is 0 Å². The van der Waals surface area contributed by atoms with Gasteiger partial charge >= 0.3 is 0 Å². The summed E-state index contributed by atoms with van der Waals surface area (Å²) in [6.07, 6.45) is 3.37. The molecule has 3 rings (SSSR count). The molecule has 1 fully saturated rings. The lowest BCUT2D eigenvalue weighted by Gasteiger charge is -2.19. The summed E-state index contributed by atoms with van der Waals surface area (Å²) in [6, 6.07) is 6.02. The molecule has 0 bridgehead atoms. The number of nitrogens with zero attached hydrogens (tertiary/aromatic N) is 1. The molecular formula is C15H19NO3. The lowest BCUT2D eigenvalue weighted by molar-refractivity contribution is 0.144. The molecule has 2 aliphatic rings. The third-order valence-corrected chi connectivity index (χ3v) is 3.26. The monoisotopic (exact) mass is 261 g/mol. The molecular weight excluding hydrogens is 242 g/mol. The smallest absolute Gasteiger partial charge is 0.162 e. The summed E-state index contributed by atoms with van der Waals surface area (Å²) in [5.41, 5.74) is 2.13. The van der Waals surface area contributed by atoms with Crippen LogP contribution in [0.25, 0.3) is 0 Å². The third-order valence-electron chi connectivity index (χ3n) is 3.26. The minimum Gasteiger partial charge on any atom is -0.486 e. The van der Waals surface area contributed by atoms with Gasteiger partial charge in [-0.25, -0.2) is 0 Å². The SMILES string of the molecule is CCCO/N=C(/c1ccc2c(c1)OCCO2)C1CC1. The Morgan fingerprint density at radius 1 is 1.26 bits per heavy atom. The van der Waals surface area contributed by atoms with E-state index >= 15 is 0 Å². The Hall–Kier alpha value is -1.71. The summed E-state index contributed by atoms with van der Waals surface area (Å²) in [7, 11) is 0. The van der Waals surface area contributed by atoms with Gasteiger partial charge in [-0.1, -0.05) is 12.1 Å². The third kappa shape index (κ3) is 2.83. The minimum atomic E-state index is 0.541. The minimum absolute atomic E-state index is 0.541. The van der Waals surface area contributed by atoms with Crippen molar-refractivity contribution < 1.29 is 14.3 Å². The number of hydrogen-bond donors (Lipinski definition) is 0. The molecule has 1 aromatic carbocycles. The average Bonchev–Trinajstić information content (AvgIpc) is 3.28. The molecule has 0 N–H and O–H groups in total. The molecule has 0 saturated heterocycles. The van der Waals surface area contributed by atoms with E-state index in [9.17, 15) is 0 Å². The van der Waals surface area contributed by atoms with Gasteiger partial charge < -0.3 is 14.3 Å². The zero-order chi connectivity index (χ0) is 13.1. The molecule has 102 valence electrons. The van der Waals surface area contributed by atoms with Crippen LogP contribution >= 0.6 is 0 Å². The first-order valence-corrected chi connectivity index (χ1v) is 6.98. The molecule has 0 spiro atoms. The van der Waals surface area contributed by atoms with E-state index in [2.05, 4.69) is 12.1 Å². The number of oxime groups is 1. The average molecular weight is 261 g/mol. The van der Waals surface area contributed by atoms with E-state index < -0.39 is 0 Å². The molecule has 4 heteroatoms. The van der Waals surface area contributed by atoms with Gasteiger partial charge in [0.2, 0.25) is 0 Å². The normalized spacial score (nSPS) is 18.3. The topological polar surface area (TPSA) is 40.0 Å². The standard InChI is InChI=1S/C15H19NO3/c1-2-7-19-16-15(11-3-4-11)12-5-6-13-14(10-12)18-9-8-17-13/h5-6,10-11H,2-4,7-9H2,1H3/b16-15+. The van der Waals surface area contributed by atoms with Crippen LogP contribution in [-0.4, -0.2) is 25.5 Å². The summed E-state index contributed by atoms with van der Waals surface area (Å²) in [6.45, 7) is 3.98. The highest BCUT2D eigenvalue weighted by atomic mass is 16.6. The Morgan fingerprint density at radius 2 is 2.05 bits per heavy atom. The van der Waals surface area contributed by atoms with E-state index in [1.165, 1.54) is 12.8 Å². The highest BCUT2D eigenvalue weighted by molar-refractivity contribution is 6.03. The van der Waals surface area contributed by atoms with Crippen molar-refractivity contribution in [2.75, 3.05) is 19.8 Å².